The Hall–Kier alpha value is -2.63. The van der Waals surface area contributed by atoms with Crippen LogP contribution in [0.4, 0.5) is 5.82 Å². The number of benzene rings is 2. The maximum atomic E-state index is 5.20. The first-order valence-corrected chi connectivity index (χ1v) is 11.6. The van der Waals surface area contributed by atoms with Gasteiger partial charge in [0.1, 0.15) is 0 Å². The quantitative estimate of drug-likeness (QED) is 0.418. The number of anilines is 1. The summed E-state index contributed by atoms with van der Waals surface area (Å²) >= 11 is 1.75. The second-order valence-corrected chi connectivity index (χ2v) is 9.51. The van der Waals surface area contributed by atoms with Gasteiger partial charge in [0, 0.05) is 29.6 Å². The summed E-state index contributed by atoms with van der Waals surface area (Å²) in [6.07, 6.45) is 0. The molecule has 0 amide bonds. The number of rotatable bonds is 5. The molecule has 0 N–H and O–H groups in total. The van der Waals surface area contributed by atoms with E-state index in [4.69, 9.17) is 5.10 Å². The number of fused-ring (bicyclic) bond motifs is 2. The molecule has 5 heteroatoms. The van der Waals surface area contributed by atoms with Gasteiger partial charge in [0.2, 0.25) is 0 Å². The Morgan fingerprint density at radius 2 is 1.90 bits per heavy atom. The van der Waals surface area contributed by atoms with Gasteiger partial charge in [-0.25, -0.2) is 0 Å². The number of thiophene rings is 1. The fourth-order valence-corrected chi connectivity index (χ4v) is 5.22. The SMILES string of the molecule is CC(C)CN1CN(C)Cc2c1nn(Cc1cccc3ccccc13)c2-c1ccsc1. The number of aromatic nitrogens is 2. The van der Waals surface area contributed by atoms with Gasteiger partial charge in [0.15, 0.2) is 5.82 Å². The Labute approximate surface area is 182 Å². The smallest absolute Gasteiger partial charge is 0.156 e. The van der Waals surface area contributed by atoms with Gasteiger partial charge in [0.25, 0.3) is 0 Å². The monoisotopic (exact) mass is 416 g/mol. The number of hydrogen-bond donors (Lipinski definition) is 0. The minimum absolute atomic E-state index is 0.595. The Morgan fingerprint density at radius 3 is 2.70 bits per heavy atom. The van der Waals surface area contributed by atoms with Gasteiger partial charge in [0.05, 0.1) is 18.9 Å². The van der Waals surface area contributed by atoms with Crippen molar-refractivity contribution in [3.8, 4) is 11.3 Å². The van der Waals surface area contributed by atoms with E-state index < -0.39 is 0 Å². The standard InChI is InChI=1S/C25H28N4S/c1-18(2)13-28-17-27(3)15-23-24(21-11-12-30-16-21)29(26-25(23)28)14-20-9-6-8-19-7-4-5-10-22(19)20/h4-12,16,18H,13-15,17H2,1-3H3. The van der Waals surface area contributed by atoms with Crippen LogP contribution in [0.1, 0.15) is 25.0 Å². The molecule has 4 nitrogen and oxygen atoms in total. The molecular weight excluding hydrogens is 388 g/mol. The van der Waals surface area contributed by atoms with Gasteiger partial charge >= 0.3 is 0 Å². The van der Waals surface area contributed by atoms with Crippen LogP contribution in [-0.2, 0) is 13.1 Å². The Bertz CT molecular complexity index is 1150. The summed E-state index contributed by atoms with van der Waals surface area (Å²) in [6, 6.07) is 17.4. The molecular formula is C25H28N4S. The highest BCUT2D eigenvalue weighted by molar-refractivity contribution is 7.08. The average molecular weight is 417 g/mol. The van der Waals surface area contributed by atoms with Crippen molar-refractivity contribution in [3.63, 3.8) is 0 Å². The highest BCUT2D eigenvalue weighted by Gasteiger charge is 2.29. The first-order chi connectivity index (χ1) is 14.6. The van der Waals surface area contributed by atoms with E-state index in [0.717, 1.165) is 32.1 Å². The summed E-state index contributed by atoms with van der Waals surface area (Å²) in [5, 5.41) is 12.2. The van der Waals surface area contributed by atoms with Crippen LogP contribution in [0.25, 0.3) is 22.0 Å². The van der Waals surface area contributed by atoms with Crippen LogP contribution in [0.15, 0.2) is 59.3 Å². The fraction of sp³-hybridized carbons (Fsp3) is 0.320. The molecule has 4 aromatic rings. The molecule has 0 unspecified atom stereocenters. The van der Waals surface area contributed by atoms with Gasteiger partial charge in [-0.15, -0.1) is 0 Å². The molecule has 2 aromatic heterocycles. The summed E-state index contributed by atoms with van der Waals surface area (Å²) in [4.78, 5) is 4.84. The van der Waals surface area contributed by atoms with Crippen LogP contribution in [-0.4, -0.2) is 34.9 Å². The summed E-state index contributed by atoms with van der Waals surface area (Å²) in [5.41, 5.74) is 5.20. The van der Waals surface area contributed by atoms with Crippen LogP contribution in [0.5, 0.6) is 0 Å². The molecule has 0 fully saturated rings. The van der Waals surface area contributed by atoms with Gasteiger partial charge in [-0.3, -0.25) is 9.58 Å². The van der Waals surface area contributed by atoms with Crippen LogP contribution >= 0.6 is 11.3 Å². The fourth-order valence-electron chi connectivity index (χ4n) is 4.58. The van der Waals surface area contributed by atoms with E-state index >= 15 is 0 Å². The minimum Gasteiger partial charge on any atom is -0.342 e. The summed E-state index contributed by atoms with van der Waals surface area (Å²) in [5.74, 6) is 1.75. The predicted octanol–water partition coefficient (Wildman–Crippen LogP) is 5.68. The van der Waals surface area contributed by atoms with Crippen LogP contribution in [0.3, 0.4) is 0 Å². The molecule has 0 spiro atoms. The van der Waals surface area contributed by atoms with Crippen LogP contribution in [0.2, 0.25) is 0 Å². The summed E-state index contributed by atoms with van der Waals surface area (Å²) < 4.78 is 2.24. The van der Waals surface area contributed by atoms with Crippen LogP contribution < -0.4 is 4.90 Å². The topological polar surface area (TPSA) is 24.3 Å². The van der Waals surface area contributed by atoms with Crippen molar-refractivity contribution in [2.24, 2.45) is 5.92 Å². The van der Waals surface area contributed by atoms with E-state index in [2.05, 4.69) is 94.7 Å². The number of hydrogen-bond acceptors (Lipinski definition) is 4. The average Bonchev–Trinajstić information content (AvgIpc) is 3.35. The summed E-state index contributed by atoms with van der Waals surface area (Å²) in [7, 11) is 2.20. The van der Waals surface area contributed by atoms with Crippen molar-refractivity contribution in [3.05, 3.63) is 70.4 Å². The predicted molar refractivity (Wildman–Crippen MR) is 127 cm³/mol. The minimum atomic E-state index is 0.595. The largest absolute Gasteiger partial charge is 0.342 e. The molecule has 0 saturated carbocycles. The lowest BCUT2D eigenvalue weighted by Gasteiger charge is -2.34. The lowest BCUT2D eigenvalue weighted by molar-refractivity contribution is 0.303. The third kappa shape index (κ3) is 3.53. The maximum absolute atomic E-state index is 5.20. The lowest BCUT2D eigenvalue weighted by Crippen LogP contribution is -2.42. The Kier molecular flexibility index (Phi) is 5.09. The number of nitrogens with zero attached hydrogens (tertiary/aromatic N) is 4. The van der Waals surface area contributed by atoms with Crippen LogP contribution in [0, 0.1) is 5.92 Å². The van der Waals surface area contributed by atoms with Crippen molar-refractivity contribution >= 4 is 27.9 Å². The molecule has 30 heavy (non-hydrogen) atoms. The first-order valence-electron chi connectivity index (χ1n) is 10.6. The Morgan fingerprint density at radius 1 is 1.07 bits per heavy atom. The maximum Gasteiger partial charge on any atom is 0.156 e. The van der Waals surface area contributed by atoms with Crippen molar-refractivity contribution < 1.29 is 0 Å². The second kappa shape index (κ2) is 7.89. The molecule has 0 aliphatic carbocycles. The molecule has 1 aliphatic heterocycles. The molecule has 1 aliphatic rings. The normalized spacial score (nSPS) is 14.6. The highest BCUT2D eigenvalue weighted by atomic mass is 32.1. The van der Waals surface area contributed by atoms with Gasteiger partial charge in [-0.2, -0.15) is 16.4 Å². The zero-order valence-electron chi connectivity index (χ0n) is 17.9. The molecule has 0 atom stereocenters. The molecule has 0 bridgehead atoms. The van der Waals surface area contributed by atoms with Crippen molar-refractivity contribution in [2.75, 3.05) is 25.2 Å². The van der Waals surface area contributed by atoms with Crippen molar-refractivity contribution in [2.45, 2.75) is 26.9 Å². The second-order valence-electron chi connectivity index (χ2n) is 8.73. The molecule has 3 heterocycles. The van der Waals surface area contributed by atoms with E-state index in [0.29, 0.717) is 5.92 Å². The van der Waals surface area contributed by atoms with Crippen molar-refractivity contribution in [1.82, 2.24) is 14.7 Å². The molecule has 0 radical (unpaired) electrons. The summed E-state index contributed by atoms with van der Waals surface area (Å²) in [6.45, 7) is 8.22. The van der Waals surface area contributed by atoms with E-state index in [1.54, 1.807) is 11.3 Å². The lowest BCUT2D eigenvalue weighted by atomic mass is 10.0. The first kappa shape index (κ1) is 19.3. The Balaban J connectivity index is 1.65. The molecule has 2 aromatic carbocycles. The third-order valence-corrected chi connectivity index (χ3v) is 6.43. The third-order valence-electron chi connectivity index (χ3n) is 5.75. The zero-order valence-corrected chi connectivity index (χ0v) is 18.7. The molecule has 154 valence electrons. The van der Waals surface area contributed by atoms with Gasteiger partial charge in [-0.1, -0.05) is 56.3 Å². The molecule has 0 saturated heterocycles. The van der Waals surface area contributed by atoms with Gasteiger partial charge < -0.3 is 4.90 Å². The highest BCUT2D eigenvalue weighted by Crippen LogP contribution is 2.37. The zero-order chi connectivity index (χ0) is 20.7. The van der Waals surface area contributed by atoms with E-state index in [1.165, 1.54) is 33.2 Å². The van der Waals surface area contributed by atoms with Gasteiger partial charge in [-0.05, 0) is 40.7 Å². The van der Waals surface area contributed by atoms with E-state index in [-0.39, 0.29) is 0 Å². The van der Waals surface area contributed by atoms with E-state index in [9.17, 15) is 0 Å². The van der Waals surface area contributed by atoms with E-state index in [1.807, 2.05) is 0 Å². The van der Waals surface area contributed by atoms with Crippen molar-refractivity contribution in [1.29, 1.82) is 0 Å². The molecule has 5 rings (SSSR count).